The molecule has 33 heavy (non-hydrogen) atoms. The summed E-state index contributed by atoms with van der Waals surface area (Å²) in [6, 6.07) is 11.2. The molecule has 0 aliphatic carbocycles. The van der Waals surface area contributed by atoms with E-state index in [9.17, 15) is 9.59 Å². The zero-order valence-electron chi connectivity index (χ0n) is 17.9. The first-order chi connectivity index (χ1) is 16.0. The number of ether oxygens (including phenoxy) is 3. The topological polar surface area (TPSA) is 128 Å². The van der Waals surface area contributed by atoms with E-state index in [1.165, 1.54) is 30.2 Å². The van der Waals surface area contributed by atoms with Crippen LogP contribution in [-0.2, 0) is 16.0 Å². The molecular formula is C21H19N5O5S2. The number of amides is 1. The van der Waals surface area contributed by atoms with Crippen molar-refractivity contribution in [1.82, 2.24) is 20.6 Å². The van der Waals surface area contributed by atoms with Crippen LogP contribution in [0.2, 0.25) is 0 Å². The third-order valence-corrected chi connectivity index (χ3v) is 7.07. The second kappa shape index (κ2) is 9.88. The molecule has 0 bridgehead atoms. The van der Waals surface area contributed by atoms with Crippen LogP contribution in [0.25, 0.3) is 10.1 Å². The van der Waals surface area contributed by atoms with Crippen LogP contribution in [0.5, 0.6) is 11.5 Å². The number of rotatable bonds is 8. The molecule has 2 aromatic heterocycles. The molecule has 0 spiro atoms. The number of benzene rings is 2. The Morgan fingerprint density at radius 1 is 1.09 bits per heavy atom. The van der Waals surface area contributed by atoms with Crippen molar-refractivity contribution in [3.8, 4) is 11.5 Å². The van der Waals surface area contributed by atoms with Crippen LogP contribution in [0, 0.1) is 0 Å². The van der Waals surface area contributed by atoms with Crippen LogP contribution >= 0.6 is 23.1 Å². The summed E-state index contributed by atoms with van der Waals surface area (Å²) in [5.41, 5.74) is 0.837. The van der Waals surface area contributed by atoms with Crippen molar-refractivity contribution >= 4 is 51.0 Å². The standard InChI is InChI=1S/C21H19N5O5S2/c1-29-14-9-13-16(10-15(14)30-2)33-19(20(28)22-21-23-25-26-24-21)18(13)32-12-6-4-11(5-7-12)8-17(27)31-3/h4-7,9-10H,8H2,1-3H3,(H2,22,23,24,25,26,28). The number of nitrogens with zero attached hydrogens (tertiary/aromatic N) is 3. The number of aromatic nitrogens is 4. The lowest BCUT2D eigenvalue weighted by molar-refractivity contribution is -0.139. The predicted octanol–water partition coefficient (Wildman–Crippen LogP) is 3.55. The van der Waals surface area contributed by atoms with Crippen molar-refractivity contribution in [2.24, 2.45) is 0 Å². The summed E-state index contributed by atoms with van der Waals surface area (Å²) in [5, 5.41) is 16.7. The van der Waals surface area contributed by atoms with E-state index in [-0.39, 0.29) is 24.2 Å². The van der Waals surface area contributed by atoms with E-state index in [1.807, 2.05) is 36.4 Å². The Hall–Kier alpha value is -3.64. The molecule has 1 amide bonds. The summed E-state index contributed by atoms with van der Waals surface area (Å²) in [4.78, 5) is 26.7. The fourth-order valence-corrected chi connectivity index (χ4v) is 5.35. The van der Waals surface area contributed by atoms with E-state index in [4.69, 9.17) is 14.2 Å². The number of tetrazole rings is 1. The maximum atomic E-state index is 13.1. The number of hydrogen-bond donors (Lipinski definition) is 2. The van der Waals surface area contributed by atoms with Crippen LogP contribution in [0.1, 0.15) is 15.2 Å². The van der Waals surface area contributed by atoms with Crippen molar-refractivity contribution in [3.05, 3.63) is 46.8 Å². The Balaban J connectivity index is 1.73. The van der Waals surface area contributed by atoms with E-state index < -0.39 is 0 Å². The van der Waals surface area contributed by atoms with Crippen molar-refractivity contribution in [2.75, 3.05) is 26.6 Å². The number of fused-ring (bicyclic) bond motifs is 1. The number of hydrogen-bond acceptors (Lipinski definition) is 10. The SMILES string of the molecule is COC(=O)Cc1ccc(Sc2c(C(=O)Nc3nnn[nH]3)sc3cc(OC)c(OC)cc23)cc1. The van der Waals surface area contributed by atoms with Gasteiger partial charge in [0, 0.05) is 25.9 Å². The van der Waals surface area contributed by atoms with Gasteiger partial charge in [0.25, 0.3) is 5.91 Å². The highest BCUT2D eigenvalue weighted by molar-refractivity contribution is 7.99. The summed E-state index contributed by atoms with van der Waals surface area (Å²) in [6.45, 7) is 0. The van der Waals surface area contributed by atoms with Gasteiger partial charge in [-0.1, -0.05) is 29.0 Å². The molecule has 10 nitrogen and oxygen atoms in total. The Bertz CT molecular complexity index is 1290. The van der Waals surface area contributed by atoms with Crippen LogP contribution in [0.4, 0.5) is 5.95 Å². The second-order valence-corrected chi connectivity index (χ2v) is 8.80. The highest BCUT2D eigenvalue weighted by Gasteiger charge is 2.22. The van der Waals surface area contributed by atoms with Gasteiger partial charge >= 0.3 is 5.97 Å². The molecule has 2 heterocycles. The van der Waals surface area contributed by atoms with Crippen LogP contribution < -0.4 is 14.8 Å². The van der Waals surface area contributed by atoms with E-state index in [0.717, 1.165) is 25.4 Å². The number of methoxy groups -OCH3 is 3. The van der Waals surface area contributed by atoms with Gasteiger partial charge < -0.3 is 14.2 Å². The number of aromatic amines is 1. The number of carbonyl (C=O) groups excluding carboxylic acids is 2. The number of carbonyl (C=O) groups is 2. The predicted molar refractivity (Wildman–Crippen MR) is 123 cm³/mol. The molecule has 0 radical (unpaired) electrons. The number of anilines is 1. The van der Waals surface area contributed by atoms with Gasteiger partial charge in [-0.3, -0.25) is 14.9 Å². The van der Waals surface area contributed by atoms with Gasteiger partial charge in [0.15, 0.2) is 11.5 Å². The summed E-state index contributed by atoms with van der Waals surface area (Å²) < 4.78 is 16.5. The fraction of sp³-hybridized carbons (Fsp3) is 0.190. The van der Waals surface area contributed by atoms with Crippen molar-refractivity contribution in [2.45, 2.75) is 16.2 Å². The molecule has 0 unspecified atom stereocenters. The molecule has 2 N–H and O–H groups in total. The van der Waals surface area contributed by atoms with Crippen molar-refractivity contribution < 1.29 is 23.8 Å². The van der Waals surface area contributed by atoms with Crippen molar-refractivity contribution in [1.29, 1.82) is 0 Å². The number of H-pyrrole nitrogens is 1. The smallest absolute Gasteiger partial charge is 0.309 e. The third kappa shape index (κ3) is 4.91. The van der Waals surface area contributed by atoms with Gasteiger partial charge in [-0.05, 0) is 34.2 Å². The first-order valence-electron chi connectivity index (χ1n) is 9.59. The fourth-order valence-electron chi connectivity index (χ4n) is 3.06. The van der Waals surface area contributed by atoms with Gasteiger partial charge in [0.2, 0.25) is 5.95 Å². The van der Waals surface area contributed by atoms with Gasteiger partial charge in [-0.2, -0.15) is 0 Å². The maximum absolute atomic E-state index is 13.1. The summed E-state index contributed by atoms with van der Waals surface area (Å²) in [7, 11) is 4.49. The maximum Gasteiger partial charge on any atom is 0.309 e. The molecule has 0 fully saturated rings. The van der Waals surface area contributed by atoms with Gasteiger partial charge in [0.1, 0.15) is 4.88 Å². The van der Waals surface area contributed by atoms with Gasteiger partial charge in [-0.25, -0.2) is 5.10 Å². The third-order valence-electron chi connectivity index (χ3n) is 4.65. The number of nitrogens with one attached hydrogen (secondary N) is 2. The van der Waals surface area contributed by atoms with Crippen LogP contribution in [0.15, 0.2) is 46.2 Å². The lowest BCUT2D eigenvalue weighted by atomic mass is 10.2. The van der Waals surface area contributed by atoms with E-state index in [1.54, 1.807) is 14.2 Å². The first kappa shape index (κ1) is 22.6. The average Bonchev–Trinajstić information content (AvgIpc) is 3.47. The normalized spacial score (nSPS) is 10.8. The van der Waals surface area contributed by atoms with Gasteiger partial charge in [-0.15, -0.1) is 11.3 Å². The highest BCUT2D eigenvalue weighted by atomic mass is 32.2. The van der Waals surface area contributed by atoms with E-state index >= 15 is 0 Å². The minimum Gasteiger partial charge on any atom is -0.493 e. The average molecular weight is 486 g/mol. The summed E-state index contributed by atoms with van der Waals surface area (Å²) in [6.07, 6.45) is 0.193. The molecule has 4 aromatic rings. The van der Waals surface area contributed by atoms with E-state index in [2.05, 4.69) is 25.9 Å². The molecule has 0 aliphatic heterocycles. The molecule has 2 aromatic carbocycles. The summed E-state index contributed by atoms with van der Waals surface area (Å²) >= 11 is 2.76. The quantitative estimate of drug-likeness (QED) is 0.360. The lowest BCUT2D eigenvalue weighted by Crippen LogP contribution is -2.12. The Kier molecular flexibility index (Phi) is 6.75. The molecule has 4 rings (SSSR count). The number of thiophene rings is 1. The second-order valence-electron chi connectivity index (χ2n) is 6.67. The molecule has 170 valence electrons. The lowest BCUT2D eigenvalue weighted by Gasteiger charge is -2.09. The Morgan fingerprint density at radius 2 is 1.82 bits per heavy atom. The van der Waals surface area contributed by atoms with Crippen LogP contribution in [-0.4, -0.2) is 53.8 Å². The minimum absolute atomic E-state index is 0.149. The molecule has 0 atom stereocenters. The molecule has 12 heteroatoms. The zero-order valence-corrected chi connectivity index (χ0v) is 19.5. The molecule has 0 saturated carbocycles. The van der Waals surface area contributed by atoms with Crippen LogP contribution in [0.3, 0.4) is 0 Å². The summed E-state index contributed by atoms with van der Waals surface area (Å²) in [5.74, 6) is 0.625. The minimum atomic E-state index is -0.350. The number of esters is 1. The monoisotopic (exact) mass is 485 g/mol. The van der Waals surface area contributed by atoms with Gasteiger partial charge in [0.05, 0.1) is 27.8 Å². The van der Waals surface area contributed by atoms with Crippen molar-refractivity contribution in [3.63, 3.8) is 0 Å². The molecule has 0 saturated heterocycles. The zero-order chi connectivity index (χ0) is 23.4. The van der Waals surface area contributed by atoms with E-state index in [0.29, 0.717) is 16.4 Å². The highest BCUT2D eigenvalue weighted by Crippen LogP contribution is 2.45. The Labute approximate surface area is 196 Å². The molecule has 0 aliphatic rings. The Morgan fingerprint density at radius 3 is 2.45 bits per heavy atom. The molecular weight excluding hydrogens is 466 g/mol. The first-order valence-corrected chi connectivity index (χ1v) is 11.2. The largest absolute Gasteiger partial charge is 0.493 e.